The zero-order chi connectivity index (χ0) is 41.4. The zero-order valence-electron chi connectivity index (χ0n) is 36.8. The number of allylic oxidation sites excluding steroid dienone is 8. The molecule has 0 radical (unpaired) electrons. The van der Waals surface area contributed by atoms with Gasteiger partial charge in [0.1, 0.15) is 12.6 Å². The standard InChI is InChI=1S/C48H85NO7/c1-6-8-10-12-14-16-18-20-22-23-24-25-27-29-31-33-35-37-39-47(51)56-44(42-54-41-40-45(48(52)53)49(3,4)5)43-55-46(50)38-36-34-32-30-28-26-21-19-17-15-13-11-9-7-2/h14,16,18,20,22-25,44-45H,6-13,15,17,19,21,26-43H2,1-5H3/b16-14+,20-18+,23-22+,25-24+. The van der Waals surface area contributed by atoms with Crippen LogP contribution in [0.5, 0.6) is 0 Å². The van der Waals surface area contributed by atoms with Gasteiger partial charge in [-0.3, -0.25) is 9.59 Å². The zero-order valence-corrected chi connectivity index (χ0v) is 36.8. The number of unbranched alkanes of at least 4 members (excludes halogenated alkanes) is 21. The number of esters is 2. The van der Waals surface area contributed by atoms with Crippen LogP contribution in [0.25, 0.3) is 0 Å². The summed E-state index contributed by atoms with van der Waals surface area (Å²) >= 11 is 0. The number of hydrogen-bond acceptors (Lipinski definition) is 7. The van der Waals surface area contributed by atoms with Crippen LogP contribution in [0, 0.1) is 0 Å². The maximum absolute atomic E-state index is 12.7. The molecule has 8 nitrogen and oxygen atoms in total. The molecule has 0 saturated heterocycles. The van der Waals surface area contributed by atoms with Crippen molar-refractivity contribution in [1.82, 2.24) is 0 Å². The van der Waals surface area contributed by atoms with Crippen LogP contribution in [-0.4, -0.2) is 75.5 Å². The molecule has 0 aliphatic carbocycles. The van der Waals surface area contributed by atoms with Crippen LogP contribution < -0.4 is 5.11 Å². The minimum absolute atomic E-state index is 0.0317. The van der Waals surface area contributed by atoms with Crippen LogP contribution in [0.15, 0.2) is 48.6 Å². The van der Waals surface area contributed by atoms with E-state index in [1.807, 2.05) is 6.08 Å². The molecule has 0 fully saturated rings. The first kappa shape index (κ1) is 53.3. The van der Waals surface area contributed by atoms with Gasteiger partial charge in [-0.15, -0.1) is 0 Å². The molecule has 0 amide bonds. The summed E-state index contributed by atoms with van der Waals surface area (Å²) < 4.78 is 17.2. The van der Waals surface area contributed by atoms with E-state index in [0.717, 1.165) is 64.2 Å². The number of ether oxygens (including phenoxy) is 3. The third kappa shape index (κ3) is 36.9. The molecule has 0 saturated carbocycles. The van der Waals surface area contributed by atoms with Gasteiger partial charge in [-0.25, -0.2) is 0 Å². The Hall–Kier alpha value is -2.71. The van der Waals surface area contributed by atoms with Gasteiger partial charge in [-0.1, -0.05) is 178 Å². The molecule has 0 aliphatic rings. The Labute approximate surface area is 344 Å². The second-order valence-electron chi connectivity index (χ2n) is 16.4. The maximum Gasteiger partial charge on any atom is 0.306 e. The summed E-state index contributed by atoms with van der Waals surface area (Å²) in [6, 6.07) is -0.730. The smallest absolute Gasteiger partial charge is 0.306 e. The summed E-state index contributed by atoms with van der Waals surface area (Å²) in [6.07, 6.45) is 45.5. The first-order valence-electron chi connectivity index (χ1n) is 22.7. The van der Waals surface area contributed by atoms with Gasteiger partial charge < -0.3 is 28.6 Å². The van der Waals surface area contributed by atoms with E-state index in [2.05, 4.69) is 56.4 Å². The molecule has 8 heteroatoms. The summed E-state index contributed by atoms with van der Waals surface area (Å²) in [7, 11) is 5.40. The third-order valence-electron chi connectivity index (χ3n) is 10.1. The summed E-state index contributed by atoms with van der Waals surface area (Å²) in [5, 5.41) is 11.6. The molecule has 56 heavy (non-hydrogen) atoms. The molecule has 2 unspecified atom stereocenters. The van der Waals surface area contributed by atoms with Crippen molar-refractivity contribution in [3.63, 3.8) is 0 Å². The quantitative estimate of drug-likeness (QED) is 0.0264. The van der Waals surface area contributed by atoms with E-state index in [9.17, 15) is 19.5 Å². The lowest BCUT2D eigenvalue weighted by molar-refractivity contribution is -0.889. The number of quaternary nitrogens is 1. The predicted octanol–water partition coefficient (Wildman–Crippen LogP) is 11.1. The first-order chi connectivity index (χ1) is 27.1. The average molecular weight is 788 g/mol. The number of hydrogen-bond donors (Lipinski definition) is 0. The molecule has 0 bridgehead atoms. The number of rotatable bonds is 40. The van der Waals surface area contributed by atoms with E-state index in [4.69, 9.17) is 14.2 Å². The second kappa shape index (κ2) is 39.1. The third-order valence-corrected chi connectivity index (χ3v) is 10.1. The minimum Gasteiger partial charge on any atom is -0.544 e. The molecule has 0 rings (SSSR count). The topological polar surface area (TPSA) is 102 Å². The van der Waals surface area contributed by atoms with Crippen molar-refractivity contribution in [2.45, 2.75) is 199 Å². The molecular weight excluding hydrogens is 703 g/mol. The van der Waals surface area contributed by atoms with E-state index in [1.165, 1.54) is 89.9 Å². The highest BCUT2D eigenvalue weighted by atomic mass is 16.6. The average Bonchev–Trinajstić information content (AvgIpc) is 3.15. The van der Waals surface area contributed by atoms with E-state index in [0.29, 0.717) is 12.8 Å². The van der Waals surface area contributed by atoms with Gasteiger partial charge in [0, 0.05) is 19.3 Å². The van der Waals surface area contributed by atoms with Crippen molar-refractivity contribution in [3.8, 4) is 0 Å². The van der Waals surface area contributed by atoms with Gasteiger partial charge in [-0.2, -0.15) is 0 Å². The first-order valence-corrected chi connectivity index (χ1v) is 22.7. The molecular formula is C48H85NO7. The number of nitrogens with zero attached hydrogens (tertiary/aromatic N) is 1. The Morgan fingerprint density at radius 2 is 0.946 bits per heavy atom. The van der Waals surface area contributed by atoms with Crippen LogP contribution in [0.3, 0.4) is 0 Å². The minimum atomic E-state index is -1.13. The highest BCUT2D eigenvalue weighted by Gasteiger charge is 2.25. The van der Waals surface area contributed by atoms with Crippen molar-refractivity contribution >= 4 is 17.9 Å². The molecule has 0 spiro atoms. The van der Waals surface area contributed by atoms with E-state index >= 15 is 0 Å². The van der Waals surface area contributed by atoms with Crippen molar-refractivity contribution in [2.24, 2.45) is 0 Å². The van der Waals surface area contributed by atoms with Crippen LogP contribution in [0.1, 0.15) is 187 Å². The molecule has 0 aromatic rings. The van der Waals surface area contributed by atoms with Crippen molar-refractivity contribution in [2.75, 3.05) is 41.0 Å². The summed E-state index contributed by atoms with van der Waals surface area (Å²) in [5.74, 6) is -1.76. The molecule has 0 heterocycles. The summed E-state index contributed by atoms with van der Waals surface area (Å²) in [6.45, 7) is 4.60. The van der Waals surface area contributed by atoms with Crippen LogP contribution >= 0.6 is 0 Å². The SMILES string of the molecule is CCCCC/C=C/C=C/C=C/C=C/CCCCCCCC(=O)OC(COCCC(C(=O)[O-])[N+](C)(C)C)COC(=O)CCCCCCCCCCCCCCCC. The number of carboxylic acid groups (broad SMARTS) is 1. The number of carbonyl (C=O) groups is 3. The highest BCUT2D eigenvalue weighted by molar-refractivity contribution is 5.70. The van der Waals surface area contributed by atoms with Gasteiger partial charge in [0.2, 0.25) is 0 Å². The number of carboxylic acids is 1. The van der Waals surface area contributed by atoms with E-state index < -0.39 is 18.1 Å². The largest absolute Gasteiger partial charge is 0.544 e. The predicted molar refractivity (Wildman–Crippen MR) is 231 cm³/mol. The summed E-state index contributed by atoms with van der Waals surface area (Å²) in [4.78, 5) is 36.9. The molecule has 0 aromatic carbocycles. The Kier molecular flexibility index (Phi) is 37.2. The van der Waals surface area contributed by atoms with Gasteiger partial charge in [0.15, 0.2) is 6.10 Å². The number of carbonyl (C=O) groups excluding carboxylic acids is 3. The van der Waals surface area contributed by atoms with Crippen LogP contribution in [0.2, 0.25) is 0 Å². The summed E-state index contributed by atoms with van der Waals surface area (Å²) in [5.41, 5.74) is 0. The normalized spacial score (nSPS) is 13.4. The monoisotopic (exact) mass is 788 g/mol. The van der Waals surface area contributed by atoms with Gasteiger partial charge >= 0.3 is 11.9 Å². The Morgan fingerprint density at radius 3 is 1.43 bits per heavy atom. The lowest BCUT2D eigenvalue weighted by atomic mass is 10.0. The Bertz CT molecular complexity index is 1060. The van der Waals surface area contributed by atoms with Crippen molar-refractivity contribution in [3.05, 3.63) is 48.6 Å². The molecule has 0 aliphatic heterocycles. The number of aliphatic carboxylic acids is 1. The molecule has 0 N–H and O–H groups in total. The highest BCUT2D eigenvalue weighted by Crippen LogP contribution is 2.15. The number of likely N-dealkylation sites (N-methyl/N-ethyl adjacent to an activating group) is 1. The van der Waals surface area contributed by atoms with Crippen molar-refractivity contribution in [1.29, 1.82) is 0 Å². The van der Waals surface area contributed by atoms with Gasteiger partial charge in [0.05, 0.1) is 40.3 Å². The fourth-order valence-corrected chi connectivity index (χ4v) is 6.49. The van der Waals surface area contributed by atoms with Gasteiger partial charge in [-0.05, 0) is 38.5 Å². The second-order valence-corrected chi connectivity index (χ2v) is 16.4. The Morgan fingerprint density at radius 1 is 0.536 bits per heavy atom. The molecule has 0 aromatic heterocycles. The fraction of sp³-hybridized carbons (Fsp3) is 0.771. The maximum atomic E-state index is 12.7. The van der Waals surface area contributed by atoms with Crippen LogP contribution in [0.4, 0.5) is 0 Å². The fourth-order valence-electron chi connectivity index (χ4n) is 6.49. The van der Waals surface area contributed by atoms with Crippen LogP contribution in [-0.2, 0) is 28.6 Å². The molecule has 2 atom stereocenters. The lowest BCUT2D eigenvalue weighted by Gasteiger charge is -2.34. The lowest BCUT2D eigenvalue weighted by Crippen LogP contribution is -2.55. The van der Waals surface area contributed by atoms with Gasteiger partial charge in [0.25, 0.3) is 0 Å². The van der Waals surface area contributed by atoms with E-state index in [1.54, 1.807) is 21.1 Å². The van der Waals surface area contributed by atoms with Crippen molar-refractivity contribution < 1.29 is 38.2 Å². The van der Waals surface area contributed by atoms with E-state index in [-0.39, 0.29) is 42.7 Å². The molecule has 324 valence electrons. The Balaban J connectivity index is 4.39.